The number of carboxylic acids is 1. The average molecular weight is 279 g/mol. The van der Waals surface area contributed by atoms with E-state index in [1.165, 1.54) is 25.2 Å². The minimum Gasteiger partial charge on any atom is -0.481 e. The first-order valence-electron chi connectivity index (χ1n) is 4.01. The molecule has 0 fully saturated rings. The van der Waals surface area contributed by atoms with E-state index in [1.54, 1.807) is 6.07 Å². The molecule has 0 aliphatic rings. The van der Waals surface area contributed by atoms with Gasteiger partial charge in [0.25, 0.3) is 0 Å². The second kappa shape index (κ2) is 4.00. The summed E-state index contributed by atoms with van der Waals surface area (Å²) in [7, 11) is 0. The molecule has 1 aromatic heterocycles. The number of hydrogen-bond donors (Lipinski definition) is 2. The second-order valence-corrected chi connectivity index (χ2v) is 5.46. The van der Waals surface area contributed by atoms with Crippen LogP contribution in [0.5, 0.6) is 0 Å². The summed E-state index contributed by atoms with van der Waals surface area (Å²) < 4.78 is 0.859. The molecule has 1 aromatic rings. The van der Waals surface area contributed by atoms with Crippen LogP contribution in [-0.2, 0) is 4.79 Å². The zero-order chi connectivity index (χ0) is 10.9. The maximum atomic E-state index is 10.9. The van der Waals surface area contributed by atoms with Gasteiger partial charge in [0, 0.05) is 14.7 Å². The average Bonchev–Trinajstić information content (AvgIpc) is 2.50. The van der Waals surface area contributed by atoms with Gasteiger partial charge in [0.1, 0.15) is 6.10 Å². The fourth-order valence-corrected chi connectivity index (χ4v) is 2.56. The van der Waals surface area contributed by atoms with E-state index in [0.29, 0.717) is 4.88 Å². The molecular formula is C9H11BrO3S. The summed E-state index contributed by atoms with van der Waals surface area (Å²) in [5.74, 6) is -1.01. The van der Waals surface area contributed by atoms with Crippen LogP contribution in [0.25, 0.3) is 0 Å². The third-order valence-electron chi connectivity index (χ3n) is 2.09. The van der Waals surface area contributed by atoms with E-state index in [2.05, 4.69) is 15.9 Å². The van der Waals surface area contributed by atoms with Crippen LogP contribution in [0.1, 0.15) is 24.8 Å². The van der Waals surface area contributed by atoms with E-state index in [0.717, 1.165) is 4.47 Å². The highest BCUT2D eigenvalue weighted by molar-refractivity contribution is 9.10. The molecule has 0 aliphatic heterocycles. The van der Waals surface area contributed by atoms with Gasteiger partial charge in [-0.3, -0.25) is 4.79 Å². The van der Waals surface area contributed by atoms with Crippen LogP contribution in [-0.4, -0.2) is 16.2 Å². The largest absolute Gasteiger partial charge is 0.481 e. The van der Waals surface area contributed by atoms with Crippen molar-refractivity contribution < 1.29 is 15.0 Å². The van der Waals surface area contributed by atoms with Crippen LogP contribution in [0.2, 0.25) is 0 Å². The molecule has 2 N–H and O–H groups in total. The van der Waals surface area contributed by atoms with Crippen molar-refractivity contribution >= 4 is 33.2 Å². The van der Waals surface area contributed by atoms with Gasteiger partial charge in [-0.2, -0.15) is 0 Å². The topological polar surface area (TPSA) is 57.5 Å². The lowest BCUT2D eigenvalue weighted by Crippen LogP contribution is -2.30. The summed E-state index contributed by atoms with van der Waals surface area (Å²) in [6.45, 7) is 3.02. The molecular weight excluding hydrogens is 268 g/mol. The SMILES string of the molecule is CC(C)(C(=O)O)C(O)c1cc(Br)cs1. The van der Waals surface area contributed by atoms with E-state index >= 15 is 0 Å². The molecule has 78 valence electrons. The van der Waals surface area contributed by atoms with E-state index in [9.17, 15) is 9.90 Å². The van der Waals surface area contributed by atoms with Gasteiger partial charge in [0.05, 0.1) is 5.41 Å². The van der Waals surface area contributed by atoms with E-state index in [4.69, 9.17) is 5.11 Å². The standard InChI is InChI=1S/C9H11BrO3S/c1-9(2,8(12)13)7(11)6-3-5(10)4-14-6/h3-4,7,11H,1-2H3,(H,12,13). The van der Waals surface area contributed by atoms with Crippen molar-refractivity contribution in [3.8, 4) is 0 Å². The van der Waals surface area contributed by atoms with Gasteiger partial charge >= 0.3 is 5.97 Å². The molecule has 0 aliphatic carbocycles. The van der Waals surface area contributed by atoms with Crippen LogP contribution in [0.15, 0.2) is 15.9 Å². The highest BCUT2D eigenvalue weighted by atomic mass is 79.9. The third kappa shape index (κ3) is 2.16. The minimum absolute atomic E-state index is 0.657. The molecule has 1 atom stereocenters. The van der Waals surface area contributed by atoms with E-state index < -0.39 is 17.5 Å². The van der Waals surface area contributed by atoms with Gasteiger partial charge in [0.2, 0.25) is 0 Å². The van der Waals surface area contributed by atoms with Gasteiger partial charge in [-0.05, 0) is 35.8 Å². The predicted molar refractivity (Wildman–Crippen MR) is 58.4 cm³/mol. The van der Waals surface area contributed by atoms with Crippen molar-refractivity contribution in [3.63, 3.8) is 0 Å². The number of rotatable bonds is 3. The molecule has 3 nitrogen and oxygen atoms in total. The number of aliphatic hydroxyl groups excluding tert-OH is 1. The van der Waals surface area contributed by atoms with Crippen molar-refractivity contribution in [1.29, 1.82) is 0 Å². The van der Waals surface area contributed by atoms with Crippen molar-refractivity contribution in [2.45, 2.75) is 20.0 Å². The fourth-order valence-electron chi connectivity index (χ4n) is 0.944. The van der Waals surface area contributed by atoms with Gasteiger partial charge in [-0.15, -0.1) is 11.3 Å². The van der Waals surface area contributed by atoms with Crippen LogP contribution in [0.3, 0.4) is 0 Å². The molecule has 1 rings (SSSR count). The Labute approximate surface area is 94.5 Å². The third-order valence-corrected chi connectivity index (χ3v) is 3.84. The highest BCUT2D eigenvalue weighted by Crippen LogP contribution is 2.37. The van der Waals surface area contributed by atoms with Crippen molar-refractivity contribution in [3.05, 3.63) is 20.8 Å². The Bertz CT molecular complexity index is 346. The zero-order valence-electron chi connectivity index (χ0n) is 7.82. The Morgan fingerprint density at radius 3 is 2.57 bits per heavy atom. The summed E-state index contributed by atoms with van der Waals surface area (Å²) >= 11 is 4.60. The number of carbonyl (C=O) groups is 1. The normalized spacial score (nSPS) is 14.0. The van der Waals surface area contributed by atoms with Crippen LogP contribution in [0, 0.1) is 5.41 Å². The van der Waals surface area contributed by atoms with E-state index in [1.807, 2.05) is 5.38 Å². The number of thiophene rings is 1. The molecule has 0 saturated carbocycles. The number of aliphatic hydroxyl groups is 1. The van der Waals surface area contributed by atoms with Crippen molar-refractivity contribution in [2.24, 2.45) is 5.41 Å². The summed E-state index contributed by atoms with van der Waals surface area (Å²) in [5.41, 5.74) is -1.16. The first kappa shape index (κ1) is 11.7. The number of hydrogen-bond acceptors (Lipinski definition) is 3. The van der Waals surface area contributed by atoms with Gasteiger partial charge in [0.15, 0.2) is 0 Å². The lowest BCUT2D eigenvalue weighted by atomic mass is 9.86. The molecule has 1 heterocycles. The molecule has 0 aromatic carbocycles. The smallest absolute Gasteiger partial charge is 0.312 e. The van der Waals surface area contributed by atoms with Crippen LogP contribution >= 0.6 is 27.3 Å². The lowest BCUT2D eigenvalue weighted by molar-refractivity contribution is -0.153. The second-order valence-electron chi connectivity index (χ2n) is 3.60. The number of halogens is 1. The predicted octanol–water partition coefficient (Wildman–Crippen LogP) is 2.65. The Morgan fingerprint density at radius 2 is 2.21 bits per heavy atom. The van der Waals surface area contributed by atoms with E-state index in [-0.39, 0.29) is 0 Å². The molecule has 0 bridgehead atoms. The first-order chi connectivity index (χ1) is 6.35. The Morgan fingerprint density at radius 1 is 1.64 bits per heavy atom. The summed E-state index contributed by atoms with van der Waals surface area (Å²) in [6.07, 6.45) is -0.976. The molecule has 0 spiro atoms. The Hall–Kier alpha value is -0.390. The molecule has 0 saturated heterocycles. The van der Waals surface area contributed by atoms with Crippen LogP contribution in [0.4, 0.5) is 0 Å². The number of aliphatic carboxylic acids is 1. The molecule has 1 unspecified atom stereocenters. The summed E-state index contributed by atoms with van der Waals surface area (Å²) in [6, 6.07) is 1.74. The molecule has 0 amide bonds. The van der Waals surface area contributed by atoms with Crippen molar-refractivity contribution in [1.82, 2.24) is 0 Å². The highest BCUT2D eigenvalue weighted by Gasteiger charge is 2.37. The molecule has 14 heavy (non-hydrogen) atoms. The van der Waals surface area contributed by atoms with Crippen molar-refractivity contribution in [2.75, 3.05) is 0 Å². The van der Waals surface area contributed by atoms with Gasteiger partial charge < -0.3 is 10.2 Å². The minimum atomic E-state index is -1.16. The molecule has 0 radical (unpaired) electrons. The maximum absolute atomic E-state index is 10.9. The maximum Gasteiger partial charge on any atom is 0.312 e. The first-order valence-corrected chi connectivity index (χ1v) is 5.68. The monoisotopic (exact) mass is 278 g/mol. The fraction of sp³-hybridized carbons (Fsp3) is 0.444. The lowest BCUT2D eigenvalue weighted by Gasteiger charge is -2.24. The Balaban J connectivity index is 2.95. The molecule has 5 heteroatoms. The van der Waals surface area contributed by atoms with Crippen LogP contribution < -0.4 is 0 Å². The zero-order valence-corrected chi connectivity index (χ0v) is 10.2. The number of carboxylic acid groups (broad SMARTS) is 1. The summed E-state index contributed by atoms with van der Waals surface area (Å²) in [5, 5.41) is 20.6. The van der Waals surface area contributed by atoms with Gasteiger partial charge in [-0.1, -0.05) is 0 Å². The Kier molecular flexibility index (Phi) is 3.34. The summed E-state index contributed by atoms with van der Waals surface area (Å²) in [4.78, 5) is 11.5. The van der Waals surface area contributed by atoms with Gasteiger partial charge in [-0.25, -0.2) is 0 Å². The quantitative estimate of drug-likeness (QED) is 0.894.